The summed E-state index contributed by atoms with van der Waals surface area (Å²) in [7, 11) is 0. The van der Waals surface area contributed by atoms with Crippen LogP contribution in [0.2, 0.25) is 5.02 Å². The van der Waals surface area contributed by atoms with E-state index in [0.717, 1.165) is 18.5 Å². The first-order valence-electron chi connectivity index (χ1n) is 8.25. The minimum atomic E-state index is -0.467. The third-order valence-electron chi connectivity index (χ3n) is 5.34. The first-order valence-corrected chi connectivity index (χ1v) is 8.63. The first-order chi connectivity index (χ1) is 11.1. The lowest BCUT2D eigenvalue weighted by molar-refractivity contribution is -0.139. The van der Waals surface area contributed by atoms with Crippen molar-refractivity contribution in [1.29, 1.82) is 0 Å². The largest absolute Gasteiger partial charge is 0.362 e. The van der Waals surface area contributed by atoms with Gasteiger partial charge in [-0.15, -0.1) is 0 Å². The zero-order valence-electron chi connectivity index (χ0n) is 12.9. The smallest absolute Gasteiger partial charge is 0.255 e. The predicted molar refractivity (Wildman–Crippen MR) is 88.4 cm³/mol. The second-order valence-corrected chi connectivity index (χ2v) is 7.24. The number of likely N-dealkylation sites (tertiary alicyclic amines) is 1. The van der Waals surface area contributed by atoms with Gasteiger partial charge in [0.15, 0.2) is 0 Å². The van der Waals surface area contributed by atoms with Gasteiger partial charge < -0.3 is 15.5 Å². The fraction of sp³-hybridized carbons (Fsp3) is 0.529. The van der Waals surface area contributed by atoms with Crippen LogP contribution in [-0.2, 0) is 4.79 Å². The average Bonchev–Trinajstić information content (AvgIpc) is 2.45. The molecular formula is C17H20ClN3O2. The van der Waals surface area contributed by atoms with Crippen molar-refractivity contribution < 1.29 is 9.59 Å². The summed E-state index contributed by atoms with van der Waals surface area (Å²) in [5.74, 6) is 0.448. The van der Waals surface area contributed by atoms with E-state index in [0.29, 0.717) is 36.5 Å². The molecule has 1 saturated carbocycles. The molecule has 0 aromatic heterocycles. The summed E-state index contributed by atoms with van der Waals surface area (Å²) < 4.78 is 0. The Hall–Kier alpha value is -1.75. The van der Waals surface area contributed by atoms with Crippen molar-refractivity contribution in [2.45, 2.75) is 37.8 Å². The highest BCUT2D eigenvalue weighted by Gasteiger charge is 2.42. The number of rotatable bonds is 1. The minimum Gasteiger partial charge on any atom is -0.362 e. The van der Waals surface area contributed by atoms with E-state index in [2.05, 4.69) is 10.6 Å². The molecule has 0 bridgehead atoms. The highest BCUT2D eigenvalue weighted by molar-refractivity contribution is 6.31. The van der Waals surface area contributed by atoms with Gasteiger partial charge in [-0.1, -0.05) is 18.0 Å². The van der Waals surface area contributed by atoms with Gasteiger partial charge in [0, 0.05) is 36.9 Å². The number of hydrogen-bond donors (Lipinski definition) is 2. The van der Waals surface area contributed by atoms with Gasteiger partial charge >= 0.3 is 0 Å². The Morgan fingerprint density at radius 1 is 1.22 bits per heavy atom. The van der Waals surface area contributed by atoms with E-state index in [-0.39, 0.29) is 17.7 Å². The number of piperidine rings is 1. The molecule has 0 atom stereocenters. The van der Waals surface area contributed by atoms with Gasteiger partial charge in [-0.2, -0.15) is 0 Å². The molecule has 2 fully saturated rings. The molecule has 2 aliphatic heterocycles. The Kier molecular flexibility index (Phi) is 3.48. The predicted octanol–water partition coefficient (Wildman–Crippen LogP) is 2.61. The quantitative estimate of drug-likeness (QED) is 0.830. The van der Waals surface area contributed by atoms with Crippen LogP contribution in [0.1, 0.15) is 42.5 Å². The van der Waals surface area contributed by atoms with E-state index in [9.17, 15) is 9.59 Å². The molecular weight excluding hydrogens is 314 g/mol. The Balaban J connectivity index is 1.48. The van der Waals surface area contributed by atoms with Crippen LogP contribution in [0.4, 0.5) is 5.69 Å². The van der Waals surface area contributed by atoms with Gasteiger partial charge in [-0.3, -0.25) is 9.59 Å². The Bertz CT molecular complexity index is 664. The van der Waals surface area contributed by atoms with Crippen LogP contribution in [0.3, 0.4) is 0 Å². The molecule has 4 rings (SSSR count). The summed E-state index contributed by atoms with van der Waals surface area (Å²) in [6, 6.07) is 5.25. The lowest BCUT2D eigenvalue weighted by atomic mass is 9.83. The molecule has 23 heavy (non-hydrogen) atoms. The molecule has 1 saturated heterocycles. The topological polar surface area (TPSA) is 61.4 Å². The van der Waals surface area contributed by atoms with Crippen molar-refractivity contribution >= 4 is 29.1 Å². The van der Waals surface area contributed by atoms with Crippen LogP contribution in [-0.4, -0.2) is 35.5 Å². The van der Waals surface area contributed by atoms with Crippen molar-refractivity contribution in [3.63, 3.8) is 0 Å². The third-order valence-corrected chi connectivity index (χ3v) is 5.57. The number of fused-ring (bicyclic) bond motifs is 1. The number of carbonyl (C=O) groups excluding carboxylic acids is 2. The summed E-state index contributed by atoms with van der Waals surface area (Å²) in [6.07, 6.45) is 4.65. The monoisotopic (exact) mass is 333 g/mol. The average molecular weight is 334 g/mol. The van der Waals surface area contributed by atoms with Crippen molar-refractivity contribution in [2.75, 3.05) is 18.4 Å². The molecule has 5 nitrogen and oxygen atoms in total. The summed E-state index contributed by atoms with van der Waals surface area (Å²) in [5.41, 5.74) is 0.929. The van der Waals surface area contributed by atoms with E-state index in [1.54, 1.807) is 18.2 Å². The second-order valence-electron chi connectivity index (χ2n) is 6.80. The molecule has 122 valence electrons. The van der Waals surface area contributed by atoms with Crippen LogP contribution in [0.25, 0.3) is 0 Å². The molecule has 2 amide bonds. The van der Waals surface area contributed by atoms with Gasteiger partial charge in [0.1, 0.15) is 5.66 Å². The molecule has 1 aromatic rings. The SMILES string of the molecule is O=C1NC2(CCN(C(=O)C3CCC3)CC2)Nc2cc(Cl)ccc21. The highest BCUT2D eigenvalue weighted by atomic mass is 35.5. The Morgan fingerprint density at radius 2 is 1.96 bits per heavy atom. The zero-order chi connectivity index (χ0) is 16.0. The second kappa shape index (κ2) is 5.41. The minimum absolute atomic E-state index is 0.0748. The zero-order valence-corrected chi connectivity index (χ0v) is 13.7. The number of anilines is 1. The number of carbonyl (C=O) groups is 2. The Morgan fingerprint density at radius 3 is 2.61 bits per heavy atom. The Labute approximate surface area is 140 Å². The van der Waals surface area contributed by atoms with Crippen LogP contribution in [0, 0.1) is 5.92 Å². The fourth-order valence-electron chi connectivity index (χ4n) is 3.66. The normalized spacial score (nSPS) is 22.8. The van der Waals surface area contributed by atoms with E-state index in [1.165, 1.54) is 6.42 Å². The van der Waals surface area contributed by atoms with Crippen LogP contribution in [0.15, 0.2) is 18.2 Å². The number of hydrogen-bond acceptors (Lipinski definition) is 3. The fourth-order valence-corrected chi connectivity index (χ4v) is 3.84. The van der Waals surface area contributed by atoms with Crippen molar-refractivity contribution in [1.82, 2.24) is 10.2 Å². The van der Waals surface area contributed by atoms with Crippen molar-refractivity contribution in [3.05, 3.63) is 28.8 Å². The van der Waals surface area contributed by atoms with Crippen LogP contribution in [0.5, 0.6) is 0 Å². The number of benzene rings is 1. The van der Waals surface area contributed by atoms with Gasteiger partial charge in [-0.25, -0.2) is 0 Å². The van der Waals surface area contributed by atoms with Crippen molar-refractivity contribution in [2.24, 2.45) is 5.92 Å². The third kappa shape index (κ3) is 2.57. The maximum absolute atomic E-state index is 12.4. The van der Waals surface area contributed by atoms with E-state index in [4.69, 9.17) is 11.6 Å². The maximum Gasteiger partial charge on any atom is 0.255 e. The van der Waals surface area contributed by atoms with Gasteiger partial charge in [0.2, 0.25) is 5.91 Å². The standard InChI is InChI=1S/C17H20ClN3O2/c18-12-4-5-13-14(10-12)19-17(20-15(13)22)6-8-21(9-7-17)16(23)11-2-1-3-11/h4-5,10-11,19H,1-3,6-9H2,(H,20,22). The van der Waals surface area contributed by atoms with E-state index < -0.39 is 5.66 Å². The summed E-state index contributed by atoms with van der Waals surface area (Å²) in [6.45, 7) is 1.36. The van der Waals surface area contributed by atoms with E-state index in [1.807, 2.05) is 4.90 Å². The molecule has 3 aliphatic rings. The van der Waals surface area contributed by atoms with Crippen LogP contribution < -0.4 is 10.6 Å². The first kappa shape index (κ1) is 14.8. The summed E-state index contributed by atoms with van der Waals surface area (Å²) in [4.78, 5) is 26.7. The van der Waals surface area contributed by atoms with E-state index >= 15 is 0 Å². The lowest BCUT2D eigenvalue weighted by Crippen LogP contribution is -2.63. The highest BCUT2D eigenvalue weighted by Crippen LogP contribution is 2.34. The molecule has 0 radical (unpaired) electrons. The van der Waals surface area contributed by atoms with Gasteiger partial charge in [0.05, 0.1) is 11.3 Å². The molecule has 1 aliphatic carbocycles. The maximum atomic E-state index is 12.4. The molecule has 2 N–H and O–H groups in total. The number of nitrogens with zero attached hydrogens (tertiary/aromatic N) is 1. The molecule has 6 heteroatoms. The van der Waals surface area contributed by atoms with Crippen LogP contribution >= 0.6 is 11.6 Å². The van der Waals surface area contributed by atoms with Gasteiger partial charge in [-0.05, 0) is 31.0 Å². The number of amides is 2. The summed E-state index contributed by atoms with van der Waals surface area (Å²) in [5, 5.41) is 7.15. The number of halogens is 1. The van der Waals surface area contributed by atoms with Crippen molar-refractivity contribution in [3.8, 4) is 0 Å². The molecule has 1 spiro atoms. The molecule has 1 aromatic carbocycles. The summed E-state index contributed by atoms with van der Waals surface area (Å²) >= 11 is 6.05. The van der Waals surface area contributed by atoms with Gasteiger partial charge in [0.25, 0.3) is 5.91 Å². The number of nitrogens with one attached hydrogen (secondary N) is 2. The molecule has 2 heterocycles. The molecule has 0 unspecified atom stereocenters. The lowest BCUT2D eigenvalue weighted by Gasteiger charge is -2.46.